The summed E-state index contributed by atoms with van der Waals surface area (Å²) in [4.78, 5) is 26.1. The number of carbonyl (C=O) groups is 2. The zero-order valence-corrected chi connectivity index (χ0v) is 12.1. The molecule has 7 nitrogen and oxygen atoms in total. The number of aromatic nitrogens is 2. The lowest BCUT2D eigenvalue weighted by atomic mass is 10.0. The summed E-state index contributed by atoms with van der Waals surface area (Å²) in [5.74, 6) is -0.672. The standard InChI is InChI=1S/C13H22N4O3/c1-4-10(9(2)3)16-13(20)14-5-6-17-7-11(12(18)19)15-8-17/h7-10H,4-6H2,1-3H3,(H,18,19)(H2,14,16,20). The average Bonchev–Trinajstić information content (AvgIpc) is 2.84. The molecule has 0 fully saturated rings. The summed E-state index contributed by atoms with van der Waals surface area (Å²) in [7, 11) is 0. The Hall–Kier alpha value is -2.05. The van der Waals surface area contributed by atoms with Crippen molar-refractivity contribution in [2.45, 2.75) is 39.8 Å². The Morgan fingerprint density at radius 3 is 2.65 bits per heavy atom. The second-order valence-corrected chi connectivity index (χ2v) is 4.96. The highest BCUT2D eigenvalue weighted by atomic mass is 16.4. The summed E-state index contributed by atoms with van der Waals surface area (Å²) in [5.41, 5.74) is 0.000284. The number of hydrogen-bond acceptors (Lipinski definition) is 3. The third kappa shape index (κ3) is 4.91. The molecule has 0 saturated heterocycles. The van der Waals surface area contributed by atoms with Gasteiger partial charge in [-0.3, -0.25) is 0 Å². The Labute approximate surface area is 118 Å². The normalized spacial score (nSPS) is 12.2. The largest absolute Gasteiger partial charge is 0.476 e. The van der Waals surface area contributed by atoms with Crippen LogP contribution in [0.25, 0.3) is 0 Å². The molecule has 1 atom stereocenters. The third-order valence-electron chi connectivity index (χ3n) is 3.07. The second-order valence-electron chi connectivity index (χ2n) is 4.96. The summed E-state index contributed by atoms with van der Waals surface area (Å²) in [5, 5.41) is 14.4. The molecule has 0 aromatic carbocycles. The van der Waals surface area contributed by atoms with Crippen molar-refractivity contribution in [3.63, 3.8) is 0 Å². The molecular formula is C13H22N4O3. The zero-order valence-electron chi connectivity index (χ0n) is 12.1. The first-order valence-electron chi connectivity index (χ1n) is 6.73. The molecule has 0 aliphatic carbocycles. The highest BCUT2D eigenvalue weighted by Crippen LogP contribution is 2.04. The van der Waals surface area contributed by atoms with E-state index in [4.69, 9.17) is 5.11 Å². The molecule has 0 aliphatic heterocycles. The molecule has 1 aromatic heterocycles. The van der Waals surface area contributed by atoms with E-state index in [1.807, 2.05) is 6.92 Å². The Morgan fingerprint density at radius 1 is 1.45 bits per heavy atom. The fraction of sp³-hybridized carbons (Fsp3) is 0.615. The van der Waals surface area contributed by atoms with Crippen LogP contribution in [0.5, 0.6) is 0 Å². The van der Waals surface area contributed by atoms with E-state index in [2.05, 4.69) is 29.5 Å². The van der Waals surface area contributed by atoms with E-state index in [-0.39, 0.29) is 17.8 Å². The van der Waals surface area contributed by atoms with Gasteiger partial charge in [0.05, 0.1) is 6.33 Å². The first kappa shape index (κ1) is 16.0. The van der Waals surface area contributed by atoms with Gasteiger partial charge < -0.3 is 20.3 Å². The third-order valence-corrected chi connectivity index (χ3v) is 3.07. The van der Waals surface area contributed by atoms with Crippen LogP contribution in [-0.4, -0.2) is 39.2 Å². The minimum Gasteiger partial charge on any atom is -0.476 e. The minimum absolute atomic E-state index is 0.000284. The summed E-state index contributed by atoms with van der Waals surface area (Å²) in [6.07, 6.45) is 3.76. The van der Waals surface area contributed by atoms with Crippen LogP contribution in [0.3, 0.4) is 0 Å². The maximum absolute atomic E-state index is 11.7. The molecule has 0 saturated carbocycles. The van der Waals surface area contributed by atoms with Crippen LogP contribution >= 0.6 is 0 Å². The van der Waals surface area contributed by atoms with Crippen LogP contribution in [0.4, 0.5) is 4.79 Å². The number of carbonyl (C=O) groups excluding carboxylic acids is 1. The molecule has 0 aliphatic rings. The predicted octanol–water partition coefficient (Wildman–Crippen LogP) is 1.32. The van der Waals surface area contributed by atoms with Crippen molar-refractivity contribution in [2.75, 3.05) is 6.54 Å². The topological polar surface area (TPSA) is 96.3 Å². The Kier molecular flexibility index (Phi) is 6.02. The number of amides is 2. The number of carboxylic acid groups (broad SMARTS) is 1. The fourth-order valence-electron chi connectivity index (χ4n) is 1.85. The van der Waals surface area contributed by atoms with Crippen molar-refractivity contribution in [1.82, 2.24) is 20.2 Å². The smallest absolute Gasteiger partial charge is 0.356 e. The van der Waals surface area contributed by atoms with Gasteiger partial charge in [0.2, 0.25) is 0 Å². The van der Waals surface area contributed by atoms with E-state index >= 15 is 0 Å². The summed E-state index contributed by atoms with van der Waals surface area (Å²) >= 11 is 0. The van der Waals surface area contributed by atoms with E-state index in [0.717, 1.165) is 6.42 Å². The second kappa shape index (κ2) is 7.52. The van der Waals surface area contributed by atoms with Crippen molar-refractivity contribution in [1.29, 1.82) is 0 Å². The van der Waals surface area contributed by atoms with Gasteiger partial charge in [0.15, 0.2) is 5.69 Å². The van der Waals surface area contributed by atoms with Gasteiger partial charge in [0.25, 0.3) is 0 Å². The Balaban J connectivity index is 2.32. The molecule has 0 spiro atoms. The van der Waals surface area contributed by atoms with Gasteiger partial charge in [0.1, 0.15) is 0 Å². The fourth-order valence-corrected chi connectivity index (χ4v) is 1.85. The lowest BCUT2D eigenvalue weighted by Gasteiger charge is -2.20. The molecule has 1 heterocycles. The highest BCUT2D eigenvalue weighted by molar-refractivity contribution is 5.84. The van der Waals surface area contributed by atoms with Gasteiger partial charge in [0, 0.05) is 25.3 Å². The summed E-state index contributed by atoms with van der Waals surface area (Å²) in [6.45, 7) is 7.05. The first-order chi connectivity index (χ1) is 9.43. The van der Waals surface area contributed by atoms with Crippen molar-refractivity contribution < 1.29 is 14.7 Å². The number of imidazole rings is 1. The number of carboxylic acids is 1. The molecule has 112 valence electrons. The van der Waals surface area contributed by atoms with Gasteiger partial charge in [-0.25, -0.2) is 14.6 Å². The van der Waals surface area contributed by atoms with Crippen molar-refractivity contribution in [3.8, 4) is 0 Å². The number of hydrogen-bond donors (Lipinski definition) is 3. The van der Waals surface area contributed by atoms with Crippen LogP contribution < -0.4 is 10.6 Å². The van der Waals surface area contributed by atoms with Crippen molar-refractivity contribution in [3.05, 3.63) is 18.2 Å². The lowest BCUT2D eigenvalue weighted by Crippen LogP contribution is -2.44. The van der Waals surface area contributed by atoms with Crippen LogP contribution in [0.2, 0.25) is 0 Å². The molecule has 7 heteroatoms. The summed E-state index contributed by atoms with van der Waals surface area (Å²) < 4.78 is 1.63. The zero-order chi connectivity index (χ0) is 15.1. The van der Waals surface area contributed by atoms with Gasteiger partial charge >= 0.3 is 12.0 Å². The maximum Gasteiger partial charge on any atom is 0.356 e. The van der Waals surface area contributed by atoms with Crippen LogP contribution in [0, 0.1) is 5.92 Å². The van der Waals surface area contributed by atoms with Crippen LogP contribution in [-0.2, 0) is 6.54 Å². The Morgan fingerprint density at radius 2 is 2.15 bits per heavy atom. The minimum atomic E-state index is -1.06. The summed E-state index contributed by atoms with van der Waals surface area (Å²) in [6, 6.07) is -0.0500. The highest BCUT2D eigenvalue weighted by Gasteiger charge is 2.13. The monoisotopic (exact) mass is 282 g/mol. The molecule has 20 heavy (non-hydrogen) atoms. The molecule has 0 radical (unpaired) electrons. The van der Waals surface area contributed by atoms with Crippen LogP contribution in [0.1, 0.15) is 37.7 Å². The van der Waals surface area contributed by atoms with Gasteiger partial charge in [-0.2, -0.15) is 0 Å². The molecule has 1 aromatic rings. The molecular weight excluding hydrogens is 260 g/mol. The van der Waals surface area contributed by atoms with E-state index < -0.39 is 5.97 Å². The Bertz CT molecular complexity index is 456. The van der Waals surface area contributed by atoms with E-state index in [9.17, 15) is 9.59 Å². The van der Waals surface area contributed by atoms with Gasteiger partial charge in [-0.05, 0) is 12.3 Å². The van der Waals surface area contributed by atoms with E-state index in [1.165, 1.54) is 12.5 Å². The number of nitrogens with one attached hydrogen (secondary N) is 2. The molecule has 2 amide bonds. The van der Waals surface area contributed by atoms with E-state index in [0.29, 0.717) is 19.0 Å². The molecule has 3 N–H and O–H groups in total. The first-order valence-corrected chi connectivity index (χ1v) is 6.73. The van der Waals surface area contributed by atoms with Gasteiger partial charge in [-0.15, -0.1) is 0 Å². The number of rotatable bonds is 7. The molecule has 0 bridgehead atoms. The number of urea groups is 1. The van der Waals surface area contributed by atoms with Crippen LogP contribution in [0.15, 0.2) is 12.5 Å². The molecule has 1 unspecified atom stereocenters. The lowest BCUT2D eigenvalue weighted by molar-refractivity contribution is 0.0691. The maximum atomic E-state index is 11.7. The van der Waals surface area contributed by atoms with Crippen molar-refractivity contribution in [2.24, 2.45) is 5.92 Å². The van der Waals surface area contributed by atoms with Crippen molar-refractivity contribution >= 4 is 12.0 Å². The average molecular weight is 282 g/mol. The number of nitrogens with zero attached hydrogens (tertiary/aromatic N) is 2. The number of aromatic carboxylic acids is 1. The van der Waals surface area contributed by atoms with Gasteiger partial charge in [-0.1, -0.05) is 20.8 Å². The quantitative estimate of drug-likeness (QED) is 0.702. The predicted molar refractivity (Wildman–Crippen MR) is 74.6 cm³/mol. The molecule has 1 rings (SSSR count). The van der Waals surface area contributed by atoms with E-state index in [1.54, 1.807) is 4.57 Å². The SMILES string of the molecule is CCC(NC(=O)NCCn1cnc(C(=O)O)c1)C(C)C.